The number of hydrogen-bond acceptors (Lipinski definition) is 2. The van der Waals surface area contributed by atoms with Crippen molar-refractivity contribution in [3.05, 3.63) is 146 Å². The highest BCUT2D eigenvalue weighted by molar-refractivity contribution is 5.66. The van der Waals surface area contributed by atoms with Crippen molar-refractivity contribution in [3.63, 3.8) is 0 Å². The third-order valence-corrected chi connectivity index (χ3v) is 8.93. The van der Waals surface area contributed by atoms with E-state index in [0.29, 0.717) is 23.7 Å². The first kappa shape index (κ1) is 17.8. The van der Waals surface area contributed by atoms with Gasteiger partial charge in [-0.25, -0.2) is 0 Å². The minimum Gasteiger partial charge on any atom is -0.258 e. The smallest absolute Gasteiger partial charge is 0.258 e. The number of benzene rings is 4. The van der Waals surface area contributed by atoms with Crippen LogP contribution in [-0.4, -0.2) is 4.92 Å². The molecule has 33 heavy (non-hydrogen) atoms. The molecule has 3 nitrogen and oxygen atoms in total. The highest BCUT2D eigenvalue weighted by atomic mass is 16.6. The van der Waals surface area contributed by atoms with Gasteiger partial charge in [0.05, 0.1) is 4.92 Å². The van der Waals surface area contributed by atoms with Gasteiger partial charge in [0.25, 0.3) is 5.69 Å². The van der Waals surface area contributed by atoms with Gasteiger partial charge >= 0.3 is 0 Å². The van der Waals surface area contributed by atoms with Crippen molar-refractivity contribution in [2.24, 2.45) is 11.8 Å². The van der Waals surface area contributed by atoms with E-state index in [0.717, 1.165) is 0 Å². The summed E-state index contributed by atoms with van der Waals surface area (Å²) in [6, 6.07) is 32.5. The van der Waals surface area contributed by atoms with Crippen LogP contribution in [0.3, 0.4) is 0 Å². The monoisotopic (exact) mass is 427 g/mol. The summed E-state index contributed by atoms with van der Waals surface area (Å²) in [6.45, 7) is 0. The Labute approximate surface area is 191 Å². The van der Waals surface area contributed by atoms with Gasteiger partial charge in [0.1, 0.15) is 0 Å². The minimum atomic E-state index is -0.246. The van der Waals surface area contributed by atoms with E-state index >= 15 is 0 Å². The van der Waals surface area contributed by atoms with Gasteiger partial charge < -0.3 is 0 Å². The molecule has 0 N–H and O–H groups in total. The Hall–Kier alpha value is -3.72. The maximum absolute atomic E-state index is 11.7. The van der Waals surface area contributed by atoms with Crippen LogP contribution in [0.2, 0.25) is 0 Å². The van der Waals surface area contributed by atoms with Crippen molar-refractivity contribution < 1.29 is 4.92 Å². The van der Waals surface area contributed by atoms with Crippen LogP contribution in [0, 0.1) is 22.0 Å². The van der Waals surface area contributed by atoms with Crippen LogP contribution in [-0.2, 0) is 0 Å². The van der Waals surface area contributed by atoms with E-state index in [1.165, 1.54) is 44.5 Å². The van der Waals surface area contributed by atoms with Crippen LogP contribution in [0.25, 0.3) is 0 Å². The molecule has 0 radical (unpaired) electrons. The molecule has 6 aliphatic carbocycles. The van der Waals surface area contributed by atoms with Gasteiger partial charge in [-0.3, -0.25) is 10.1 Å². The summed E-state index contributed by atoms with van der Waals surface area (Å²) in [4.78, 5) is 11.4. The Kier molecular flexibility index (Phi) is 3.23. The summed E-state index contributed by atoms with van der Waals surface area (Å²) < 4.78 is 0. The summed E-state index contributed by atoms with van der Waals surface area (Å²) in [5.74, 6) is 2.00. The van der Waals surface area contributed by atoms with Crippen molar-refractivity contribution in [1.29, 1.82) is 0 Å². The van der Waals surface area contributed by atoms with Crippen LogP contribution >= 0.6 is 0 Å². The molecule has 6 aliphatic rings. The lowest BCUT2D eigenvalue weighted by Crippen LogP contribution is -2.51. The second-order valence-electron chi connectivity index (χ2n) is 10.0. The fourth-order valence-corrected chi connectivity index (χ4v) is 8.06. The van der Waals surface area contributed by atoms with Gasteiger partial charge in [0, 0.05) is 35.8 Å². The van der Waals surface area contributed by atoms with Crippen molar-refractivity contribution in [2.45, 2.75) is 23.7 Å². The number of nitro groups is 1. The largest absolute Gasteiger partial charge is 0.269 e. The number of hydrogen-bond donors (Lipinski definition) is 0. The van der Waals surface area contributed by atoms with Crippen LogP contribution < -0.4 is 0 Å². The van der Waals surface area contributed by atoms with Crippen molar-refractivity contribution >= 4 is 5.69 Å². The SMILES string of the molecule is O=[N+]([O-])c1ccc2c(c1)[C@H]1c3ccccc3[C@H]2[C@H]2C3c4ccccc4C(c4ccccc43)[C@H]12. The molecule has 0 saturated heterocycles. The van der Waals surface area contributed by atoms with E-state index in [1.54, 1.807) is 6.07 Å². The van der Waals surface area contributed by atoms with Crippen LogP contribution in [0.5, 0.6) is 0 Å². The van der Waals surface area contributed by atoms with Crippen molar-refractivity contribution in [1.82, 2.24) is 0 Å². The maximum Gasteiger partial charge on any atom is 0.269 e. The second kappa shape index (κ2) is 5.99. The molecule has 4 atom stereocenters. The first-order chi connectivity index (χ1) is 16.2. The fourth-order valence-electron chi connectivity index (χ4n) is 8.06. The van der Waals surface area contributed by atoms with Gasteiger partial charge in [-0.1, -0.05) is 78.9 Å². The zero-order chi connectivity index (χ0) is 21.8. The van der Waals surface area contributed by atoms with Crippen molar-refractivity contribution in [2.75, 3.05) is 0 Å². The van der Waals surface area contributed by atoms with Gasteiger partial charge in [-0.15, -0.1) is 0 Å². The molecule has 0 spiro atoms. The summed E-state index contributed by atoms with van der Waals surface area (Å²) in [5.41, 5.74) is 11.4. The Morgan fingerprint density at radius 2 is 0.818 bits per heavy atom. The second-order valence-corrected chi connectivity index (χ2v) is 10.0. The number of rotatable bonds is 1. The maximum atomic E-state index is 11.7. The van der Waals surface area contributed by atoms with Gasteiger partial charge in [0.15, 0.2) is 0 Å². The quantitative estimate of drug-likeness (QED) is 0.250. The third-order valence-electron chi connectivity index (χ3n) is 8.93. The molecule has 10 rings (SSSR count). The molecule has 158 valence electrons. The lowest BCUT2D eigenvalue weighted by atomic mass is 9.41. The number of nitro benzene ring substituents is 1. The Morgan fingerprint density at radius 3 is 1.18 bits per heavy atom. The molecule has 4 bridgehead atoms. The van der Waals surface area contributed by atoms with Crippen LogP contribution in [0.1, 0.15) is 68.2 Å². The third kappa shape index (κ3) is 2.02. The Balaban J connectivity index is 1.47. The summed E-state index contributed by atoms with van der Waals surface area (Å²) in [5, 5.41) is 11.7. The molecule has 3 heteroatoms. The van der Waals surface area contributed by atoms with E-state index in [-0.39, 0.29) is 22.4 Å². The molecule has 0 saturated carbocycles. The summed E-state index contributed by atoms with van der Waals surface area (Å²) in [6.07, 6.45) is 0. The molecular formula is C30H21NO2. The van der Waals surface area contributed by atoms with Gasteiger partial charge in [-0.05, 0) is 56.3 Å². The summed E-state index contributed by atoms with van der Waals surface area (Å²) in [7, 11) is 0. The average molecular weight is 428 g/mol. The Morgan fingerprint density at radius 1 is 0.485 bits per heavy atom. The predicted octanol–water partition coefficient (Wildman–Crippen LogP) is 6.71. The highest BCUT2D eigenvalue weighted by Gasteiger charge is 2.60. The lowest BCUT2D eigenvalue weighted by Gasteiger charge is -2.61. The topological polar surface area (TPSA) is 43.1 Å². The average Bonchev–Trinajstić information content (AvgIpc) is 2.87. The molecule has 0 unspecified atom stereocenters. The minimum absolute atomic E-state index is 0.181. The van der Waals surface area contributed by atoms with Crippen LogP contribution in [0.15, 0.2) is 91.0 Å². The molecule has 4 aromatic carbocycles. The highest BCUT2D eigenvalue weighted by Crippen LogP contribution is 2.71. The van der Waals surface area contributed by atoms with E-state index in [1.807, 2.05) is 6.07 Å². The van der Waals surface area contributed by atoms with Crippen molar-refractivity contribution in [3.8, 4) is 0 Å². The normalized spacial score (nSPS) is 28.8. The number of non-ortho nitro benzene ring substituents is 1. The lowest BCUT2D eigenvalue weighted by molar-refractivity contribution is -0.385. The first-order valence-electron chi connectivity index (χ1n) is 11.8. The molecule has 0 aliphatic heterocycles. The fraction of sp³-hybridized carbons (Fsp3) is 0.200. The predicted molar refractivity (Wildman–Crippen MR) is 127 cm³/mol. The first-order valence-corrected chi connectivity index (χ1v) is 11.8. The molecule has 4 aromatic rings. The van der Waals surface area contributed by atoms with E-state index < -0.39 is 0 Å². The standard InChI is InChI=1S/C30H21NO2/c32-31(33)16-13-14-23-24(15-16)28-22-12-6-5-11-21(22)27(23)29-25-17-7-1-3-9-19(17)26(30(28)29)20-10-4-2-8-18(20)25/h1-15,25-30H/t25?,26?,27-,28-,29-,30-/m1/s1. The van der Waals surface area contributed by atoms with E-state index in [4.69, 9.17) is 0 Å². The van der Waals surface area contributed by atoms with Crippen LogP contribution in [0.4, 0.5) is 5.69 Å². The zero-order valence-electron chi connectivity index (χ0n) is 17.9. The van der Waals surface area contributed by atoms with Gasteiger partial charge in [0.2, 0.25) is 0 Å². The van der Waals surface area contributed by atoms with E-state index in [9.17, 15) is 10.1 Å². The molecule has 0 fully saturated rings. The van der Waals surface area contributed by atoms with Gasteiger partial charge in [-0.2, -0.15) is 0 Å². The Bertz CT molecular complexity index is 1460. The molecular weight excluding hydrogens is 406 g/mol. The zero-order valence-corrected chi connectivity index (χ0v) is 17.9. The number of nitrogens with zero attached hydrogens (tertiary/aromatic N) is 1. The summed E-state index contributed by atoms with van der Waals surface area (Å²) >= 11 is 0. The molecule has 0 aromatic heterocycles. The molecule has 0 heterocycles. The molecule has 0 amide bonds. The van der Waals surface area contributed by atoms with E-state index in [2.05, 4.69) is 78.9 Å².